The van der Waals surface area contributed by atoms with Gasteiger partial charge in [0.1, 0.15) is 5.75 Å². The van der Waals surface area contributed by atoms with Crippen LogP contribution < -0.4 is 15.8 Å². The molecule has 0 bridgehead atoms. The standard InChI is InChI=1S/C14H20N2O4/c1-3-4-7-16-13(17)9(2)20-10-5-6-12(15)11(8-10)14(18)19/h5-6,8-9H,3-4,7,15H2,1-2H3,(H,16,17)(H,18,19). The number of anilines is 1. The van der Waals surface area contributed by atoms with Crippen molar-refractivity contribution in [1.82, 2.24) is 5.32 Å². The Kier molecular flexibility index (Phi) is 5.83. The van der Waals surface area contributed by atoms with E-state index in [0.717, 1.165) is 12.8 Å². The normalized spacial score (nSPS) is 11.7. The number of nitrogen functional groups attached to an aromatic ring is 1. The summed E-state index contributed by atoms with van der Waals surface area (Å²) in [6.07, 6.45) is 1.20. The zero-order valence-electron chi connectivity index (χ0n) is 11.7. The van der Waals surface area contributed by atoms with E-state index >= 15 is 0 Å². The molecule has 6 heteroatoms. The molecule has 20 heavy (non-hydrogen) atoms. The number of carboxylic acid groups (broad SMARTS) is 1. The number of carbonyl (C=O) groups excluding carboxylic acids is 1. The van der Waals surface area contributed by atoms with Crippen LogP contribution in [0.4, 0.5) is 5.69 Å². The molecule has 0 radical (unpaired) electrons. The predicted molar refractivity (Wildman–Crippen MR) is 75.8 cm³/mol. The first-order valence-corrected chi connectivity index (χ1v) is 6.53. The third kappa shape index (κ3) is 4.46. The van der Waals surface area contributed by atoms with Gasteiger partial charge in [-0.2, -0.15) is 0 Å². The lowest BCUT2D eigenvalue weighted by atomic mass is 10.1. The minimum atomic E-state index is -1.13. The van der Waals surface area contributed by atoms with Gasteiger partial charge >= 0.3 is 5.97 Å². The van der Waals surface area contributed by atoms with Gasteiger partial charge in [0.15, 0.2) is 6.10 Å². The maximum atomic E-state index is 11.7. The number of carboxylic acids is 1. The van der Waals surface area contributed by atoms with Crippen LogP contribution >= 0.6 is 0 Å². The van der Waals surface area contributed by atoms with Gasteiger partial charge in [-0.05, 0) is 31.5 Å². The molecule has 1 rings (SSSR count). The van der Waals surface area contributed by atoms with E-state index in [1.807, 2.05) is 6.92 Å². The molecule has 1 unspecified atom stereocenters. The number of nitrogens with one attached hydrogen (secondary N) is 1. The third-order valence-corrected chi connectivity index (χ3v) is 2.77. The Morgan fingerprint density at radius 1 is 1.45 bits per heavy atom. The van der Waals surface area contributed by atoms with Crippen LogP contribution in [0, 0.1) is 0 Å². The second-order valence-corrected chi connectivity index (χ2v) is 4.46. The Bertz CT molecular complexity index is 488. The van der Waals surface area contributed by atoms with E-state index in [2.05, 4.69) is 5.32 Å². The van der Waals surface area contributed by atoms with E-state index in [4.69, 9.17) is 15.6 Å². The van der Waals surface area contributed by atoms with Gasteiger partial charge < -0.3 is 20.9 Å². The zero-order valence-corrected chi connectivity index (χ0v) is 11.7. The SMILES string of the molecule is CCCCNC(=O)C(C)Oc1ccc(N)c(C(=O)O)c1. The molecule has 0 spiro atoms. The van der Waals surface area contributed by atoms with Gasteiger partial charge in [0.25, 0.3) is 5.91 Å². The molecular weight excluding hydrogens is 260 g/mol. The second kappa shape index (κ2) is 7.37. The molecule has 1 aromatic rings. The highest BCUT2D eigenvalue weighted by molar-refractivity contribution is 5.94. The van der Waals surface area contributed by atoms with Crippen LogP contribution in [0.3, 0.4) is 0 Å². The molecule has 0 aliphatic heterocycles. The van der Waals surface area contributed by atoms with Gasteiger partial charge in [-0.15, -0.1) is 0 Å². The van der Waals surface area contributed by atoms with E-state index in [1.165, 1.54) is 18.2 Å². The quantitative estimate of drug-likeness (QED) is 0.520. The largest absolute Gasteiger partial charge is 0.481 e. The van der Waals surface area contributed by atoms with E-state index in [0.29, 0.717) is 12.3 Å². The average molecular weight is 280 g/mol. The lowest BCUT2D eigenvalue weighted by molar-refractivity contribution is -0.127. The lowest BCUT2D eigenvalue weighted by Crippen LogP contribution is -2.36. The monoisotopic (exact) mass is 280 g/mol. The number of aromatic carboxylic acids is 1. The maximum Gasteiger partial charge on any atom is 0.337 e. The first-order valence-electron chi connectivity index (χ1n) is 6.53. The molecule has 0 aromatic heterocycles. The Morgan fingerprint density at radius 2 is 2.15 bits per heavy atom. The van der Waals surface area contributed by atoms with Gasteiger partial charge in [0, 0.05) is 12.2 Å². The molecule has 0 fully saturated rings. The number of amides is 1. The van der Waals surface area contributed by atoms with Gasteiger partial charge in [-0.1, -0.05) is 13.3 Å². The number of nitrogens with two attached hydrogens (primary N) is 1. The summed E-state index contributed by atoms with van der Waals surface area (Å²) in [6, 6.07) is 4.30. The van der Waals surface area contributed by atoms with Crippen molar-refractivity contribution < 1.29 is 19.4 Å². The van der Waals surface area contributed by atoms with Crippen molar-refractivity contribution in [2.75, 3.05) is 12.3 Å². The molecule has 0 saturated carbocycles. The third-order valence-electron chi connectivity index (χ3n) is 2.77. The Labute approximate surface area is 117 Å². The van der Waals surface area contributed by atoms with Gasteiger partial charge in [-0.3, -0.25) is 4.79 Å². The summed E-state index contributed by atoms with van der Waals surface area (Å²) in [5.41, 5.74) is 5.66. The smallest absolute Gasteiger partial charge is 0.337 e. The summed E-state index contributed by atoms with van der Waals surface area (Å²) in [7, 11) is 0. The van der Waals surface area contributed by atoms with Crippen molar-refractivity contribution in [2.24, 2.45) is 0 Å². The summed E-state index contributed by atoms with van der Waals surface area (Å²) in [6.45, 7) is 4.25. The molecule has 4 N–H and O–H groups in total. The first kappa shape index (κ1) is 15.8. The minimum absolute atomic E-state index is 0.0407. The zero-order chi connectivity index (χ0) is 15.1. The van der Waals surface area contributed by atoms with Crippen molar-refractivity contribution in [1.29, 1.82) is 0 Å². The fourth-order valence-corrected chi connectivity index (χ4v) is 1.58. The number of unbranched alkanes of at least 4 members (excludes halogenated alkanes) is 1. The fraction of sp³-hybridized carbons (Fsp3) is 0.429. The molecule has 110 valence electrons. The summed E-state index contributed by atoms with van der Waals surface area (Å²) < 4.78 is 5.42. The highest BCUT2D eigenvalue weighted by atomic mass is 16.5. The highest BCUT2D eigenvalue weighted by Crippen LogP contribution is 2.20. The maximum absolute atomic E-state index is 11.7. The van der Waals surface area contributed by atoms with Crippen molar-refractivity contribution in [2.45, 2.75) is 32.8 Å². The van der Waals surface area contributed by atoms with Crippen LogP contribution in [0.1, 0.15) is 37.0 Å². The van der Waals surface area contributed by atoms with E-state index in [-0.39, 0.29) is 17.2 Å². The minimum Gasteiger partial charge on any atom is -0.481 e. The molecule has 1 atom stereocenters. The molecule has 6 nitrogen and oxygen atoms in total. The van der Waals surface area contributed by atoms with Crippen LogP contribution in [-0.4, -0.2) is 29.6 Å². The van der Waals surface area contributed by atoms with Crippen LogP contribution in [0.25, 0.3) is 0 Å². The molecule has 1 amide bonds. The van der Waals surface area contributed by atoms with Crippen LogP contribution in [0.2, 0.25) is 0 Å². The number of hydrogen-bond acceptors (Lipinski definition) is 4. The number of carbonyl (C=O) groups is 2. The van der Waals surface area contributed by atoms with Gasteiger partial charge in [0.05, 0.1) is 5.56 Å². The molecule has 1 aromatic carbocycles. The van der Waals surface area contributed by atoms with Crippen molar-refractivity contribution in [3.05, 3.63) is 23.8 Å². The Balaban J connectivity index is 2.66. The van der Waals surface area contributed by atoms with Crippen LogP contribution in [0.5, 0.6) is 5.75 Å². The van der Waals surface area contributed by atoms with Crippen molar-refractivity contribution in [3.8, 4) is 5.75 Å². The highest BCUT2D eigenvalue weighted by Gasteiger charge is 2.16. The summed E-state index contributed by atoms with van der Waals surface area (Å²) in [4.78, 5) is 22.7. The van der Waals surface area contributed by atoms with Crippen LogP contribution in [-0.2, 0) is 4.79 Å². The summed E-state index contributed by atoms with van der Waals surface area (Å²) in [5.74, 6) is -1.06. The Morgan fingerprint density at radius 3 is 2.75 bits per heavy atom. The van der Waals surface area contributed by atoms with Gasteiger partial charge in [0.2, 0.25) is 0 Å². The Hall–Kier alpha value is -2.24. The number of hydrogen-bond donors (Lipinski definition) is 3. The van der Waals surface area contributed by atoms with E-state index < -0.39 is 12.1 Å². The number of benzene rings is 1. The second-order valence-electron chi connectivity index (χ2n) is 4.46. The molecule has 0 heterocycles. The fourth-order valence-electron chi connectivity index (χ4n) is 1.58. The summed E-state index contributed by atoms with van der Waals surface area (Å²) in [5, 5.41) is 11.7. The number of rotatable bonds is 7. The average Bonchev–Trinajstić information content (AvgIpc) is 2.40. The summed E-state index contributed by atoms with van der Waals surface area (Å²) >= 11 is 0. The van der Waals surface area contributed by atoms with Crippen molar-refractivity contribution >= 4 is 17.6 Å². The molecule has 0 aliphatic rings. The van der Waals surface area contributed by atoms with Gasteiger partial charge in [-0.25, -0.2) is 4.79 Å². The topological polar surface area (TPSA) is 102 Å². The first-order chi connectivity index (χ1) is 9.45. The van der Waals surface area contributed by atoms with E-state index in [1.54, 1.807) is 6.92 Å². The van der Waals surface area contributed by atoms with Crippen molar-refractivity contribution in [3.63, 3.8) is 0 Å². The molecule has 0 saturated heterocycles. The predicted octanol–water partition coefficient (Wildman–Crippen LogP) is 1.65. The van der Waals surface area contributed by atoms with Crippen LogP contribution in [0.15, 0.2) is 18.2 Å². The molecular formula is C14H20N2O4. The molecule has 0 aliphatic carbocycles. The number of ether oxygens (including phenoxy) is 1. The lowest BCUT2D eigenvalue weighted by Gasteiger charge is -2.15. The van der Waals surface area contributed by atoms with E-state index in [9.17, 15) is 9.59 Å².